The monoisotopic (exact) mass is 501 g/mol. The molecule has 0 bridgehead atoms. The Labute approximate surface area is 203 Å². The Morgan fingerprint density at radius 3 is 2.70 bits per heavy atom. The van der Waals surface area contributed by atoms with E-state index in [2.05, 4.69) is 4.98 Å². The number of pyridine rings is 1. The molecule has 2 aromatic carbocycles. The number of carbonyl (C=O) groups excluding carboxylic acids is 1. The lowest BCUT2D eigenvalue weighted by Gasteiger charge is -2.20. The van der Waals surface area contributed by atoms with Crippen LogP contribution in [0.4, 0.5) is 5.13 Å². The topological polar surface area (TPSA) is 73.8 Å². The maximum atomic E-state index is 13.3. The highest BCUT2D eigenvalue weighted by molar-refractivity contribution is 7.22. The zero-order valence-electron chi connectivity index (χ0n) is 17.2. The van der Waals surface area contributed by atoms with Crippen molar-refractivity contribution < 1.29 is 19.0 Å². The number of aromatic nitrogens is 2. The molecule has 33 heavy (non-hydrogen) atoms. The maximum Gasteiger partial charge on any atom is 0.267 e. The van der Waals surface area contributed by atoms with Gasteiger partial charge in [0, 0.05) is 29.5 Å². The minimum atomic E-state index is -0.277. The molecule has 0 spiro atoms. The van der Waals surface area contributed by atoms with Gasteiger partial charge in [-0.3, -0.25) is 14.7 Å². The van der Waals surface area contributed by atoms with E-state index in [0.29, 0.717) is 45.6 Å². The van der Waals surface area contributed by atoms with Crippen molar-refractivity contribution in [2.24, 2.45) is 0 Å². The minimum Gasteiger partial charge on any atom is -0.486 e. The van der Waals surface area contributed by atoms with Crippen LogP contribution < -0.4 is 19.1 Å². The molecule has 0 unspecified atom stereocenters. The molecule has 0 fully saturated rings. The number of benzene rings is 2. The van der Waals surface area contributed by atoms with Gasteiger partial charge in [-0.15, -0.1) is 0 Å². The fraction of sp³-hybridized carbons (Fsp3) is 0.174. The third kappa shape index (κ3) is 4.83. The summed E-state index contributed by atoms with van der Waals surface area (Å²) in [5.41, 5.74) is 1.59. The molecule has 7 nitrogen and oxygen atoms in total. The summed E-state index contributed by atoms with van der Waals surface area (Å²) in [5, 5.41) is 1.36. The molecule has 10 heteroatoms. The second kappa shape index (κ2) is 9.43. The van der Waals surface area contributed by atoms with Crippen LogP contribution in [-0.4, -0.2) is 35.7 Å². The van der Waals surface area contributed by atoms with Gasteiger partial charge < -0.3 is 14.2 Å². The van der Waals surface area contributed by atoms with Crippen LogP contribution in [0.5, 0.6) is 17.2 Å². The Kier molecular flexibility index (Phi) is 6.22. The zero-order valence-corrected chi connectivity index (χ0v) is 19.5. The van der Waals surface area contributed by atoms with Crippen LogP contribution in [-0.2, 0) is 11.3 Å². The van der Waals surface area contributed by atoms with Crippen LogP contribution in [0.3, 0.4) is 0 Å². The van der Waals surface area contributed by atoms with Gasteiger partial charge in [0.05, 0.1) is 21.8 Å². The zero-order chi connectivity index (χ0) is 22.8. The van der Waals surface area contributed by atoms with E-state index in [1.54, 1.807) is 35.5 Å². The van der Waals surface area contributed by atoms with E-state index >= 15 is 0 Å². The maximum absolute atomic E-state index is 13.3. The van der Waals surface area contributed by atoms with E-state index < -0.39 is 0 Å². The van der Waals surface area contributed by atoms with Crippen molar-refractivity contribution in [3.05, 3.63) is 70.5 Å². The number of hydrogen-bond acceptors (Lipinski definition) is 7. The predicted molar refractivity (Wildman–Crippen MR) is 128 cm³/mol. The Morgan fingerprint density at radius 2 is 1.94 bits per heavy atom. The minimum absolute atomic E-state index is 0.222. The van der Waals surface area contributed by atoms with Crippen molar-refractivity contribution in [2.75, 3.05) is 24.7 Å². The fourth-order valence-electron chi connectivity index (χ4n) is 3.31. The molecule has 3 heterocycles. The van der Waals surface area contributed by atoms with Crippen LogP contribution >= 0.6 is 34.5 Å². The molecule has 0 aliphatic carbocycles. The summed E-state index contributed by atoms with van der Waals surface area (Å²) in [5.74, 6) is 1.43. The Bertz CT molecular complexity index is 1270. The first-order valence-electron chi connectivity index (χ1n) is 10.0. The highest BCUT2D eigenvalue weighted by Crippen LogP contribution is 2.39. The summed E-state index contributed by atoms with van der Waals surface area (Å²) >= 11 is 13.5. The smallest absolute Gasteiger partial charge is 0.267 e. The number of amides is 1. The van der Waals surface area contributed by atoms with Crippen molar-refractivity contribution in [1.82, 2.24) is 9.97 Å². The quantitative estimate of drug-likeness (QED) is 0.353. The standard InChI is InChI=1S/C23H17Cl2N3O4S/c24-15-3-4-18(16(25)8-15)32-13-22(29)28(12-14-2-1-5-26-11-14)23-27-17-9-19-20(10-21(17)33-23)31-7-6-30-19/h1-5,8-11H,6-7,12-13H2. The molecule has 1 aliphatic rings. The molecule has 1 amide bonds. The van der Waals surface area contributed by atoms with Gasteiger partial charge in [0.2, 0.25) is 0 Å². The van der Waals surface area contributed by atoms with Crippen LogP contribution in [0.15, 0.2) is 54.9 Å². The van der Waals surface area contributed by atoms with Crippen LogP contribution in [0, 0.1) is 0 Å². The SMILES string of the molecule is O=C(COc1ccc(Cl)cc1Cl)N(Cc1cccnc1)c1nc2cc3c(cc2s1)OCCO3. The van der Waals surface area contributed by atoms with E-state index in [1.807, 2.05) is 24.3 Å². The summed E-state index contributed by atoms with van der Waals surface area (Å²) in [7, 11) is 0. The predicted octanol–water partition coefficient (Wildman–Crippen LogP) is 5.38. The molecular formula is C23H17Cl2N3O4S. The number of fused-ring (bicyclic) bond motifs is 2. The fourth-order valence-corrected chi connectivity index (χ4v) is 4.77. The summed E-state index contributed by atoms with van der Waals surface area (Å²) in [6.07, 6.45) is 3.40. The first kappa shape index (κ1) is 21.8. The Hall–Kier alpha value is -3.07. The van der Waals surface area contributed by atoms with Gasteiger partial charge in [-0.2, -0.15) is 0 Å². The lowest BCUT2D eigenvalue weighted by Crippen LogP contribution is -2.34. The molecule has 0 atom stereocenters. The Balaban J connectivity index is 1.44. The van der Waals surface area contributed by atoms with E-state index in [-0.39, 0.29) is 19.1 Å². The second-order valence-corrected chi connectivity index (χ2v) is 9.02. The summed E-state index contributed by atoms with van der Waals surface area (Å²) in [6, 6.07) is 12.3. The number of hydrogen-bond donors (Lipinski definition) is 0. The summed E-state index contributed by atoms with van der Waals surface area (Å²) in [4.78, 5) is 23.7. The van der Waals surface area contributed by atoms with Crippen molar-refractivity contribution in [3.63, 3.8) is 0 Å². The first-order chi connectivity index (χ1) is 16.1. The summed E-state index contributed by atoms with van der Waals surface area (Å²) < 4.78 is 17.9. The number of carbonyl (C=O) groups is 1. The van der Waals surface area contributed by atoms with E-state index in [9.17, 15) is 4.79 Å². The van der Waals surface area contributed by atoms with Gasteiger partial charge in [-0.05, 0) is 29.8 Å². The first-order valence-corrected chi connectivity index (χ1v) is 11.6. The van der Waals surface area contributed by atoms with Crippen molar-refractivity contribution in [1.29, 1.82) is 0 Å². The van der Waals surface area contributed by atoms with Gasteiger partial charge in [-0.1, -0.05) is 40.6 Å². The number of rotatable bonds is 6. The molecular weight excluding hydrogens is 485 g/mol. The number of anilines is 1. The lowest BCUT2D eigenvalue weighted by molar-refractivity contribution is -0.120. The molecule has 168 valence electrons. The van der Waals surface area contributed by atoms with Crippen molar-refractivity contribution in [2.45, 2.75) is 6.54 Å². The third-order valence-electron chi connectivity index (χ3n) is 4.88. The van der Waals surface area contributed by atoms with Crippen molar-refractivity contribution >= 4 is 55.8 Å². The number of nitrogens with zero attached hydrogens (tertiary/aromatic N) is 3. The van der Waals surface area contributed by atoms with Gasteiger partial charge in [-0.25, -0.2) is 4.98 Å². The molecule has 0 N–H and O–H groups in total. The molecule has 1 aliphatic heterocycles. The molecule has 0 radical (unpaired) electrons. The van der Waals surface area contributed by atoms with Crippen LogP contribution in [0.2, 0.25) is 10.0 Å². The third-order valence-corrected chi connectivity index (χ3v) is 6.45. The molecule has 0 saturated carbocycles. The van der Waals surface area contributed by atoms with Gasteiger partial charge in [0.25, 0.3) is 5.91 Å². The van der Waals surface area contributed by atoms with Crippen LogP contribution in [0.1, 0.15) is 5.56 Å². The van der Waals surface area contributed by atoms with Crippen molar-refractivity contribution in [3.8, 4) is 17.2 Å². The molecule has 5 rings (SSSR count). The molecule has 4 aromatic rings. The van der Waals surface area contributed by atoms with Crippen LogP contribution in [0.25, 0.3) is 10.2 Å². The van der Waals surface area contributed by atoms with E-state index in [1.165, 1.54) is 11.3 Å². The van der Waals surface area contributed by atoms with E-state index in [0.717, 1.165) is 15.8 Å². The second-order valence-electron chi connectivity index (χ2n) is 7.16. The number of halogens is 2. The largest absolute Gasteiger partial charge is 0.486 e. The van der Waals surface area contributed by atoms with E-state index in [4.69, 9.17) is 42.4 Å². The number of thiazole rings is 1. The average molecular weight is 502 g/mol. The van der Waals surface area contributed by atoms with Gasteiger partial charge >= 0.3 is 0 Å². The average Bonchev–Trinajstić information content (AvgIpc) is 3.23. The normalized spacial score (nSPS) is 12.5. The molecule has 0 saturated heterocycles. The molecule has 2 aromatic heterocycles. The summed E-state index contributed by atoms with van der Waals surface area (Å²) in [6.45, 7) is 1.06. The van der Waals surface area contributed by atoms with Gasteiger partial charge in [0.1, 0.15) is 19.0 Å². The lowest BCUT2D eigenvalue weighted by atomic mass is 10.2. The van der Waals surface area contributed by atoms with Gasteiger partial charge in [0.15, 0.2) is 23.2 Å². The highest BCUT2D eigenvalue weighted by atomic mass is 35.5. The Morgan fingerprint density at radius 1 is 1.12 bits per heavy atom. The number of ether oxygens (including phenoxy) is 3. The highest BCUT2D eigenvalue weighted by Gasteiger charge is 2.23.